The second-order valence-electron chi connectivity index (χ2n) is 6.32. The number of pyridine rings is 1. The zero-order valence-corrected chi connectivity index (χ0v) is 17.2. The minimum absolute atomic E-state index is 1.28. The average molecular weight is 402 g/mol. The molecule has 1 aromatic carbocycles. The van der Waals surface area contributed by atoms with E-state index in [-0.39, 0.29) is 0 Å². The van der Waals surface area contributed by atoms with Gasteiger partial charge in [0.25, 0.3) is 0 Å². The van der Waals surface area contributed by atoms with E-state index in [0.29, 0.717) is 0 Å². The summed E-state index contributed by atoms with van der Waals surface area (Å²) in [6.07, 6.45) is 7.25. The number of rotatable bonds is 8. The number of aromatic nitrogens is 1. The van der Waals surface area contributed by atoms with E-state index >= 15 is 0 Å². The van der Waals surface area contributed by atoms with Gasteiger partial charge in [-0.05, 0) is 0 Å². The summed E-state index contributed by atoms with van der Waals surface area (Å²) >= 11 is -2.67. The van der Waals surface area contributed by atoms with Crippen molar-refractivity contribution in [1.82, 2.24) is 4.98 Å². The van der Waals surface area contributed by atoms with Gasteiger partial charge in [-0.2, -0.15) is 0 Å². The Kier molecular flexibility index (Phi) is 6.94. The molecule has 1 heterocycles. The number of aryl methyl sites for hydroxylation is 1. The molecule has 0 saturated heterocycles. The molecule has 0 unspecified atom stereocenters. The zero-order chi connectivity index (χ0) is 15.8. The molecule has 0 aliphatic rings. The Labute approximate surface area is 140 Å². The Hall–Kier alpha value is -0.831. The topological polar surface area (TPSA) is 12.9 Å². The predicted molar refractivity (Wildman–Crippen MR) is 99.9 cm³/mol. The van der Waals surface area contributed by atoms with Gasteiger partial charge in [-0.1, -0.05) is 0 Å². The molecule has 0 radical (unpaired) electrons. The summed E-state index contributed by atoms with van der Waals surface area (Å²) in [6.45, 7) is 6.88. The van der Waals surface area contributed by atoms with E-state index in [2.05, 4.69) is 63.2 Å². The predicted octanol–water partition coefficient (Wildman–Crippen LogP) is 4.55. The van der Waals surface area contributed by atoms with Crippen molar-refractivity contribution in [2.75, 3.05) is 0 Å². The molecule has 2 heteroatoms. The molecule has 22 heavy (non-hydrogen) atoms. The molecule has 0 aliphatic carbocycles. The van der Waals surface area contributed by atoms with Crippen molar-refractivity contribution in [2.45, 2.75) is 55.3 Å². The fourth-order valence-corrected chi connectivity index (χ4v) is 19.1. The normalized spacial score (nSPS) is 11.6. The van der Waals surface area contributed by atoms with Crippen molar-refractivity contribution in [2.24, 2.45) is 0 Å². The molecule has 0 fully saturated rings. The monoisotopic (exact) mass is 403 g/mol. The van der Waals surface area contributed by atoms with Crippen molar-refractivity contribution in [1.29, 1.82) is 0 Å². The van der Waals surface area contributed by atoms with E-state index < -0.39 is 18.4 Å². The van der Waals surface area contributed by atoms with E-state index in [4.69, 9.17) is 4.98 Å². The summed E-state index contributed by atoms with van der Waals surface area (Å²) in [4.78, 5) is 4.93. The van der Waals surface area contributed by atoms with E-state index in [1.807, 2.05) is 6.20 Å². The Morgan fingerprint density at radius 1 is 0.864 bits per heavy atom. The van der Waals surface area contributed by atoms with E-state index in [1.165, 1.54) is 43.8 Å². The van der Waals surface area contributed by atoms with Crippen molar-refractivity contribution >= 4 is 25.7 Å². The number of hydrogen-bond acceptors (Lipinski definition) is 1. The molecule has 0 bridgehead atoms. The SMILES string of the molecule is CCC[CH2][Sn]([CH2]CCC)([c]1ccccc1)[c]1ncccc1C. The van der Waals surface area contributed by atoms with Crippen molar-refractivity contribution in [3.05, 3.63) is 54.2 Å². The standard InChI is InChI=1S/C6H6N.C6H5.2C4H9.Sn/c1-6-3-2-4-7-5-6;1-2-4-6-5-3-1;2*1-3-4-2;/h2-4H,1H3;1-5H;2*1,3-4H2,2H3;. The number of hydrogen-bond donors (Lipinski definition) is 0. The van der Waals surface area contributed by atoms with Gasteiger partial charge in [0.05, 0.1) is 0 Å². The summed E-state index contributed by atoms with van der Waals surface area (Å²) in [5.41, 5.74) is 1.41. The maximum atomic E-state index is 4.93. The van der Waals surface area contributed by atoms with Crippen LogP contribution in [0.15, 0.2) is 48.7 Å². The first-order valence-electron chi connectivity index (χ1n) is 8.72. The average Bonchev–Trinajstić information content (AvgIpc) is 2.57. The molecule has 0 N–H and O–H groups in total. The van der Waals surface area contributed by atoms with Crippen LogP contribution in [0.4, 0.5) is 0 Å². The van der Waals surface area contributed by atoms with Gasteiger partial charge < -0.3 is 0 Å². The Morgan fingerprint density at radius 3 is 2.05 bits per heavy atom. The van der Waals surface area contributed by atoms with Gasteiger partial charge in [-0.3, -0.25) is 0 Å². The van der Waals surface area contributed by atoms with Gasteiger partial charge in [0, 0.05) is 0 Å². The molecule has 0 aliphatic heterocycles. The van der Waals surface area contributed by atoms with Crippen molar-refractivity contribution < 1.29 is 0 Å². The third-order valence-corrected chi connectivity index (χ3v) is 19.8. The van der Waals surface area contributed by atoms with Crippen LogP contribution in [0.2, 0.25) is 8.87 Å². The van der Waals surface area contributed by atoms with Crippen LogP contribution in [0, 0.1) is 6.92 Å². The number of nitrogens with zero attached hydrogens (tertiary/aromatic N) is 1. The second-order valence-corrected chi connectivity index (χ2v) is 18.4. The number of benzene rings is 1. The first-order valence-corrected chi connectivity index (χ1v) is 15.6. The van der Waals surface area contributed by atoms with Crippen LogP contribution in [0.1, 0.15) is 45.1 Å². The van der Waals surface area contributed by atoms with Crippen LogP contribution >= 0.6 is 0 Å². The molecule has 0 amide bonds. The third kappa shape index (κ3) is 3.92. The molecule has 1 aromatic heterocycles. The van der Waals surface area contributed by atoms with Crippen molar-refractivity contribution in [3.63, 3.8) is 0 Å². The van der Waals surface area contributed by atoms with Gasteiger partial charge in [0.15, 0.2) is 0 Å². The molecular weight excluding hydrogens is 373 g/mol. The zero-order valence-electron chi connectivity index (χ0n) is 14.3. The van der Waals surface area contributed by atoms with Crippen LogP contribution in [0.5, 0.6) is 0 Å². The van der Waals surface area contributed by atoms with E-state index in [9.17, 15) is 0 Å². The molecule has 0 saturated carbocycles. The fraction of sp³-hybridized carbons (Fsp3) is 0.450. The van der Waals surface area contributed by atoms with Crippen LogP contribution in [-0.2, 0) is 0 Å². The Bertz CT molecular complexity index is 557. The molecular formula is C20H29NSn. The summed E-state index contributed by atoms with van der Waals surface area (Å²) in [5.74, 6) is 0. The van der Waals surface area contributed by atoms with Crippen LogP contribution in [-0.4, -0.2) is 23.4 Å². The fourth-order valence-electron chi connectivity index (χ4n) is 3.49. The Balaban J connectivity index is 2.56. The van der Waals surface area contributed by atoms with Crippen molar-refractivity contribution in [3.8, 4) is 0 Å². The molecule has 2 aromatic rings. The molecule has 2 rings (SSSR count). The van der Waals surface area contributed by atoms with E-state index in [0.717, 1.165) is 0 Å². The molecule has 0 spiro atoms. The number of unbranched alkanes of at least 4 members (excludes halogenated alkanes) is 2. The first kappa shape index (κ1) is 17.5. The van der Waals surface area contributed by atoms with Gasteiger partial charge >= 0.3 is 140 Å². The van der Waals surface area contributed by atoms with Crippen LogP contribution in [0.25, 0.3) is 0 Å². The quantitative estimate of drug-likeness (QED) is 0.591. The maximum absolute atomic E-state index is 4.93. The van der Waals surface area contributed by atoms with Crippen LogP contribution in [0.3, 0.4) is 0 Å². The Morgan fingerprint density at radius 2 is 1.50 bits per heavy atom. The molecule has 1 nitrogen and oxygen atoms in total. The van der Waals surface area contributed by atoms with Gasteiger partial charge in [0.2, 0.25) is 0 Å². The minimum atomic E-state index is -2.67. The van der Waals surface area contributed by atoms with Gasteiger partial charge in [-0.25, -0.2) is 0 Å². The third-order valence-electron chi connectivity index (χ3n) is 4.70. The summed E-state index contributed by atoms with van der Waals surface area (Å²) in [6, 6.07) is 15.7. The van der Waals surface area contributed by atoms with Gasteiger partial charge in [-0.15, -0.1) is 0 Å². The molecule has 118 valence electrons. The van der Waals surface area contributed by atoms with E-state index in [1.54, 1.807) is 3.58 Å². The van der Waals surface area contributed by atoms with Gasteiger partial charge in [0.1, 0.15) is 0 Å². The van der Waals surface area contributed by atoms with Crippen LogP contribution < -0.4 is 7.29 Å². The first-order chi connectivity index (χ1) is 10.7. The molecule has 0 atom stereocenters. The summed E-state index contributed by atoms with van der Waals surface area (Å²) < 4.78 is 5.92. The summed E-state index contributed by atoms with van der Waals surface area (Å²) in [5, 5.41) is 0. The summed E-state index contributed by atoms with van der Waals surface area (Å²) in [7, 11) is 0. The second kappa shape index (κ2) is 8.71.